The minimum atomic E-state index is -0.0889. The second-order valence-electron chi connectivity index (χ2n) is 6.67. The van der Waals surface area contributed by atoms with Crippen LogP contribution in [0.25, 0.3) is 0 Å². The Labute approximate surface area is 131 Å². The van der Waals surface area contributed by atoms with E-state index in [9.17, 15) is 0 Å². The van der Waals surface area contributed by atoms with Crippen LogP contribution >= 0.6 is 11.3 Å². The molecule has 21 heavy (non-hydrogen) atoms. The predicted molar refractivity (Wildman–Crippen MR) is 85.8 cm³/mol. The Bertz CT molecular complexity index is 437. The zero-order chi connectivity index (χ0) is 14.7. The summed E-state index contributed by atoms with van der Waals surface area (Å²) in [7, 11) is 4.27. The molecular formula is C16H26N2O2S. The molecule has 2 aliphatic rings. The molecule has 0 bridgehead atoms. The van der Waals surface area contributed by atoms with Gasteiger partial charge in [0.25, 0.3) is 0 Å². The van der Waals surface area contributed by atoms with Crippen LogP contribution in [0.2, 0.25) is 0 Å². The van der Waals surface area contributed by atoms with Gasteiger partial charge in [-0.25, -0.2) is 0 Å². The molecule has 1 aromatic heterocycles. The van der Waals surface area contributed by atoms with Gasteiger partial charge >= 0.3 is 0 Å². The largest absolute Gasteiger partial charge is 0.377 e. The van der Waals surface area contributed by atoms with E-state index in [1.165, 1.54) is 4.88 Å². The summed E-state index contributed by atoms with van der Waals surface area (Å²) < 4.78 is 12.1. The lowest BCUT2D eigenvalue weighted by Gasteiger charge is -2.31. The molecular weight excluding hydrogens is 284 g/mol. The third kappa shape index (κ3) is 4.05. The lowest BCUT2D eigenvalue weighted by molar-refractivity contribution is -0.0562. The van der Waals surface area contributed by atoms with Crippen molar-refractivity contribution in [3.8, 4) is 0 Å². The Hall–Kier alpha value is -0.460. The first-order chi connectivity index (χ1) is 10.2. The number of rotatable bonds is 4. The minimum absolute atomic E-state index is 0.0889. The van der Waals surface area contributed by atoms with E-state index < -0.39 is 0 Å². The van der Waals surface area contributed by atoms with Crippen molar-refractivity contribution in [2.45, 2.75) is 18.6 Å². The highest BCUT2D eigenvalue weighted by Crippen LogP contribution is 2.33. The van der Waals surface area contributed by atoms with Gasteiger partial charge in [0, 0.05) is 31.1 Å². The van der Waals surface area contributed by atoms with Crippen molar-refractivity contribution >= 4 is 11.3 Å². The second kappa shape index (κ2) is 6.75. The summed E-state index contributed by atoms with van der Waals surface area (Å²) in [5, 5.41) is 2.15. The first-order valence-corrected chi connectivity index (χ1v) is 8.64. The topological polar surface area (TPSA) is 24.9 Å². The van der Waals surface area contributed by atoms with Gasteiger partial charge in [0.15, 0.2) is 0 Å². The smallest absolute Gasteiger partial charge is 0.104 e. The van der Waals surface area contributed by atoms with E-state index in [0.717, 1.165) is 52.4 Å². The van der Waals surface area contributed by atoms with Crippen LogP contribution in [0.15, 0.2) is 17.5 Å². The molecule has 118 valence electrons. The molecule has 0 unspecified atom stereocenters. The summed E-state index contributed by atoms with van der Waals surface area (Å²) in [6, 6.07) is 4.34. The van der Waals surface area contributed by atoms with Crippen LogP contribution in [0, 0.1) is 5.92 Å². The average molecular weight is 310 g/mol. The molecule has 3 heterocycles. The normalized spacial score (nSPS) is 31.1. The lowest BCUT2D eigenvalue weighted by Crippen LogP contribution is -2.43. The van der Waals surface area contributed by atoms with Crippen molar-refractivity contribution in [1.29, 1.82) is 0 Å². The summed E-state index contributed by atoms with van der Waals surface area (Å²) in [5.41, 5.74) is -0.0889. The van der Waals surface area contributed by atoms with Crippen molar-refractivity contribution in [3.05, 3.63) is 22.4 Å². The molecule has 2 atom stereocenters. The number of hydrogen-bond acceptors (Lipinski definition) is 5. The minimum Gasteiger partial charge on any atom is -0.377 e. The highest BCUT2D eigenvalue weighted by Gasteiger charge is 2.43. The first-order valence-electron chi connectivity index (χ1n) is 7.76. The second-order valence-corrected chi connectivity index (χ2v) is 7.70. The van der Waals surface area contributed by atoms with Gasteiger partial charge in [-0.05, 0) is 37.9 Å². The standard InChI is InChI=1S/C16H26N2O2S/c1-17(2)9-14-8-16(20-11-14)12-18(5-6-19-13-16)10-15-4-3-7-21-15/h3-4,7,14H,5-6,8-13H2,1-2H3/t14-,16-/m1/s1. The Morgan fingerprint density at radius 3 is 3.14 bits per heavy atom. The van der Waals surface area contributed by atoms with Crippen LogP contribution in [0.1, 0.15) is 11.3 Å². The van der Waals surface area contributed by atoms with Crippen molar-refractivity contribution < 1.29 is 9.47 Å². The van der Waals surface area contributed by atoms with Gasteiger partial charge in [0.2, 0.25) is 0 Å². The van der Waals surface area contributed by atoms with E-state index in [1.54, 1.807) is 0 Å². The Morgan fingerprint density at radius 1 is 1.48 bits per heavy atom. The van der Waals surface area contributed by atoms with Gasteiger partial charge in [-0.15, -0.1) is 11.3 Å². The Balaban J connectivity index is 1.62. The molecule has 0 aromatic carbocycles. The summed E-state index contributed by atoms with van der Waals surface area (Å²) >= 11 is 1.83. The number of ether oxygens (including phenoxy) is 2. The van der Waals surface area contributed by atoms with E-state index in [0.29, 0.717) is 5.92 Å². The van der Waals surface area contributed by atoms with Gasteiger partial charge in [0.1, 0.15) is 5.60 Å². The molecule has 0 amide bonds. The van der Waals surface area contributed by atoms with Crippen LogP contribution < -0.4 is 0 Å². The van der Waals surface area contributed by atoms with Crippen LogP contribution in [-0.4, -0.2) is 69.0 Å². The molecule has 2 aliphatic heterocycles. The van der Waals surface area contributed by atoms with Crippen LogP contribution in [0.4, 0.5) is 0 Å². The van der Waals surface area contributed by atoms with Crippen molar-refractivity contribution in [2.75, 3.05) is 53.6 Å². The molecule has 3 rings (SSSR count). The predicted octanol–water partition coefficient (Wildman–Crippen LogP) is 1.92. The Morgan fingerprint density at radius 2 is 2.38 bits per heavy atom. The summed E-state index contributed by atoms with van der Waals surface area (Å²) in [6.45, 7) is 6.55. The highest BCUT2D eigenvalue weighted by atomic mass is 32.1. The molecule has 0 radical (unpaired) electrons. The lowest BCUT2D eigenvalue weighted by atomic mass is 9.94. The fourth-order valence-corrected chi connectivity index (χ4v) is 4.27. The Kier molecular flexibility index (Phi) is 4.96. The molecule has 2 fully saturated rings. The third-order valence-electron chi connectivity index (χ3n) is 4.30. The molecule has 0 saturated carbocycles. The maximum absolute atomic E-state index is 6.23. The van der Waals surface area contributed by atoms with Crippen LogP contribution in [0.3, 0.4) is 0 Å². The average Bonchev–Trinajstić information content (AvgIpc) is 3.00. The third-order valence-corrected chi connectivity index (χ3v) is 5.16. The molecule has 5 heteroatoms. The van der Waals surface area contributed by atoms with Gasteiger partial charge in [-0.1, -0.05) is 6.07 Å². The fraction of sp³-hybridized carbons (Fsp3) is 0.750. The van der Waals surface area contributed by atoms with Crippen LogP contribution in [-0.2, 0) is 16.0 Å². The van der Waals surface area contributed by atoms with Crippen molar-refractivity contribution in [1.82, 2.24) is 9.80 Å². The van der Waals surface area contributed by atoms with Crippen molar-refractivity contribution in [2.24, 2.45) is 5.92 Å². The van der Waals surface area contributed by atoms with E-state index >= 15 is 0 Å². The van der Waals surface area contributed by atoms with Gasteiger partial charge in [-0.3, -0.25) is 4.90 Å². The summed E-state index contributed by atoms with van der Waals surface area (Å²) in [4.78, 5) is 6.18. The maximum Gasteiger partial charge on any atom is 0.104 e. The molecule has 0 aliphatic carbocycles. The van der Waals surface area contributed by atoms with E-state index in [2.05, 4.69) is 41.4 Å². The summed E-state index contributed by atoms with van der Waals surface area (Å²) in [5.74, 6) is 0.630. The van der Waals surface area contributed by atoms with Gasteiger partial charge in [-0.2, -0.15) is 0 Å². The van der Waals surface area contributed by atoms with E-state index in [-0.39, 0.29) is 5.60 Å². The molecule has 1 aromatic rings. The zero-order valence-electron chi connectivity index (χ0n) is 13.1. The molecule has 1 spiro atoms. The SMILES string of the molecule is CN(C)C[C@@H]1CO[C@]2(COCCN(Cc3cccs3)C2)C1. The van der Waals surface area contributed by atoms with E-state index in [1.807, 2.05) is 11.3 Å². The van der Waals surface area contributed by atoms with Crippen LogP contribution in [0.5, 0.6) is 0 Å². The zero-order valence-corrected chi connectivity index (χ0v) is 13.9. The quantitative estimate of drug-likeness (QED) is 0.848. The van der Waals surface area contributed by atoms with E-state index in [4.69, 9.17) is 9.47 Å². The fourth-order valence-electron chi connectivity index (χ4n) is 3.52. The summed E-state index contributed by atoms with van der Waals surface area (Å²) in [6.07, 6.45) is 1.12. The number of thiophene rings is 1. The molecule has 0 N–H and O–H groups in total. The van der Waals surface area contributed by atoms with Gasteiger partial charge in [0.05, 0.1) is 19.8 Å². The first kappa shape index (κ1) is 15.4. The number of hydrogen-bond donors (Lipinski definition) is 0. The maximum atomic E-state index is 6.23. The highest BCUT2D eigenvalue weighted by molar-refractivity contribution is 7.09. The van der Waals surface area contributed by atoms with Gasteiger partial charge < -0.3 is 14.4 Å². The molecule has 2 saturated heterocycles. The monoisotopic (exact) mass is 310 g/mol. The van der Waals surface area contributed by atoms with Crippen molar-refractivity contribution in [3.63, 3.8) is 0 Å². The molecule has 4 nitrogen and oxygen atoms in total. The number of nitrogens with zero attached hydrogens (tertiary/aromatic N) is 2.